The molecule has 150 valence electrons. The average Bonchev–Trinajstić information content (AvgIpc) is 3.00. The smallest absolute Gasteiger partial charge is 0.411 e. The van der Waals surface area contributed by atoms with Crippen LogP contribution < -0.4 is 10.6 Å². The zero-order chi connectivity index (χ0) is 21.0. The summed E-state index contributed by atoms with van der Waals surface area (Å²) in [5.41, 5.74) is 4.73. The third-order valence-corrected chi connectivity index (χ3v) is 4.61. The third kappa shape index (κ3) is 4.29. The molecule has 0 radical (unpaired) electrons. The highest BCUT2D eigenvalue weighted by Gasteiger charge is 2.20. The number of rotatable bonds is 5. The van der Waals surface area contributed by atoms with E-state index in [-0.39, 0.29) is 12.5 Å². The van der Waals surface area contributed by atoms with Crippen molar-refractivity contribution < 1.29 is 14.3 Å². The predicted molar refractivity (Wildman–Crippen MR) is 113 cm³/mol. The number of nitrogens with one attached hydrogen (secondary N) is 2. The van der Waals surface area contributed by atoms with Gasteiger partial charge in [0.15, 0.2) is 0 Å². The lowest BCUT2D eigenvalue weighted by Crippen LogP contribution is -2.17. The van der Waals surface area contributed by atoms with Crippen molar-refractivity contribution in [2.75, 3.05) is 17.2 Å². The maximum atomic E-state index is 13.0. The lowest BCUT2D eigenvalue weighted by Gasteiger charge is -2.13. The minimum Gasteiger partial charge on any atom is -0.450 e. The zero-order valence-electron chi connectivity index (χ0n) is 16.9. The molecule has 0 atom stereocenters. The topological polar surface area (TPSA) is 85.2 Å². The third-order valence-electron chi connectivity index (χ3n) is 4.61. The van der Waals surface area contributed by atoms with Crippen LogP contribution in [0.1, 0.15) is 34.2 Å². The highest BCUT2D eigenvalue weighted by Crippen LogP contribution is 2.25. The van der Waals surface area contributed by atoms with E-state index in [0.29, 0.717) is 22.6 Å². The Labute approximate surface area is 169 Å². The molecule has 0 aliphatic rings. The highest BCUT2D eigenvalue weighted by atomic mass is 16.5. The van der Waals surface area contributed by atoms with E-state index in [0.717, 1.165) is 16.9 Å². The first-order valence-electron chi connectivity index (χ1n) is 9.38. The summed E-state index contributed by atoms with van der Waals surface area (Å²) in [4.78, 5) is 24.7. The molecule has 0 saturated heterocycles. The van der Waals surface area contributed by atoms with E-state index in [2.05, 4.69) is 15.7 Å². The van der Waals surface area contributed by atoms with Crippen molar-refractivity contribution in [3.63, 3.8) is 0 Å². The summed E-state index contributed by atoms with van der Waals surface area (Å²) in [7, 11) is 0. The number of carbonyl (C=O) groups excluding carboxylic acids is 2. The van der Waals surface area contributed by atoms with Gasteiger partial charge in [-0.3, -0.25) is 10.1 Å². The number of ether oxygens (including phenoxy) is 1. The number of nitrogens with zero attached hydrogens (tertiary/aromatic N) is 2. The first kappa shape index (κ1) is 20.1. The predicted octanol–water partition coefficient (Wildman–Crippen LogP) is 4.62. The maximum Gasteiger partial charge on any atom is 0.411 e. The minimum atomic E-state index is -0.532. The van der Waals surface area contributed by atoms with Crippen molar-refractivity contribution in [2.45, 2.75) is 27.7 Å². The van der Waals surface area contributed by atoms with E-state index in [1.807, 2.05) is 51.1 Å². The molecule has 0 bridgehead atoms. The summed E-state index contributed by atoms with van der Waals surface area (Å²) in [5.74, 6) is -0.251. The standard InChI is InChI=1S/C22H24N4O3/c1-5-29-22(28)24-19-13-9-12-18(14(19)2)23-21(27)20-15(3)25-26(16(20)4)17-10-7-6-8-11-17/h6-13H,5H2,1-4H3,(H,23,27)(H,24,28). The monoisotopic (exact) mass is 392 g/mol. The fourth-order valence-corrected chi connectivity index (χ4v) is 3.16. The van der Waals surface area contributed by atoms with Crippen LogP contribution in [0.3, 0.4) is 0 Å². The van der Waals surface area contributed by atoms with Crippen LogP contribution in [0.4, 0.5) is 16.2 Å². The van der Waals surface area contributed by atoms with Gasteiger partial charge >= 0.3 is 6.09 Å². The van der Waals surface area contributed by atoms with Crippen molar-refractivity contribution in [1.29, 1.82) is 0 Å². The van der Waals surface area contributed by atoms with Gasteiger partial charge in [0.2, 0.25) is 0 Å². The first-order chi connectivity index (χ1) is 13.9. The lowest BCUT2D eigenvalue weighted by molar-refractivity contribution is 0.102. The van der Waals surface area contributed by atoms with Crippen molar-refractivity contribution in [2.24, 2.45) is 0 Å². The number of anilines is 2. The quantitative estimate of drug-likeness (QED) is 0.663. The first-order valence-corrected chi connectivity index (χ1v) is 9.38. The molecule has 0 saturated carbocycles. The van der Waals surface area contributed by atoms with Gasteiger partial charge in [-0.1, -0.05) is 24.3 Å². The Kier molecular flexibility index (Phi) is 5.97. The second-order valence-electron chi connectivity index (χ2n) is 6.57. The molecular formula is C22H24N4O3. The largest absolute Gasteiger partial charge is 0.450 e. The summed E-state index contributed by atoms with van der Waals surface area (Å²) in [6.07, 6.45) is -0.532. The molecule has 1 aromatic heterocycles. The SMILES string of the molecule is CCOC(=O)Nc1cccc(NC(=O)c2c(C)nn(-c3ccccc3)c2C)c1C. The molecule has 0 aliphatic carbocycles. The Morgan fingerprint density at radius 1 is 0.966 bits per heavy atom. The molecule has 7 heteroatoms. The van der Waals surface area contributed by atoms with Gasteiger partial charge in [-0.05, 0) is 57.5 Å². The van der Waals surface area contributed by atoms with Gasteiger partial charge in [-0.15, -0.1) is 0 Å². The van der Waals surface area contributed by atoms with E-state index < -0.39 is 6.09 Å². The van der Waals surface area contributed by atoms with Gasteiger partial charge in [-0.25, -0.2) is 9.48 Å². The van der Waals surface area contributed by atoms with Gasteiger partial charge in [-0.2, -0.15) is 5.10 Å². The average molecular weight is 392 g/mol. The summed E-state index contributed by atoms with van der Waals surface area (Å²) >= 11 is 0. The summed E-state index contributed by atoms with van der Waals surface area (Å²) in [5, 5.41) is 10.1. The van der Waals surface area contributed by atoms with Crippen LogP contribution in [-0.2, 0) is 4.74 Å². The summed E-state index contributed by atoms with van der Waals surface area (Å²) in [6.45, 7) is 7.53. The molecular weight excluding hydrogens is 368 g/mol. The number of benzene rings is 2. The highest BCUT2D eigenvalue weighted by molar-refractivity contribution is 6.06. The van der Waals surface area contributed by atoms with E-state index in [9.17, 15) is 9.59 Å². The Morgan fingerprint density at radius 2 is 1.62 bits per heavy atom. The van der Waals surface area contributed by atoms with Gasteiger partial charge in [0.1, 0.15) is 0 Å². The van der Waals surface area contributed by atoms with Crippen molar-refractivity contribution in [1.82, 2.24) is 9.78 Å². The van der Waals surface area contributed by atoms with Crippen LogP contribution >= 0.6 is 0 Å². The number of carbonyl (C=O) groups is 2. The van der Waals surface area contributed by atoms with Crippen LogP contribution in [0, 0.1) is 20.8 Å². The number of para-hydroxylation sites is 1. The lowest BCUT2D eigenvalue weighted by atomic mass is 10.1. The Morgan fingerprint density at radius 3 is 2.28 bits per heavy atom. The van der Waals surface area contributed by atoms with Gasteiger partial charge in [0.25, 0.3) is 5.91 Å². The fourth-order valence-electron chi connectivity index (χ4n) is 3.16. The summed E-state index contributed by atoms with van der Waals surface area (Å²) in [6, 6.07) is 15.0. The molecule has 1 heterocycles. The molecule has 3 rings (SSSR count). The van der Waals surface area contributed by atoms with Gasteiger partial charge in [0.05, 0.1) is 29.2 Å². The second-order valence-corrected chi connectivity index (χ2v) is 6.57. The van der Waals surface area contributed by atoms with Crippen molar-refractivity contribution >= 4 is 23.4 Å². The molecule has 2 N–H and O–H groups in total. The molecule has 0 aliphatic heterocycles. The second kappa shape index (κ2) is 8.60. The van der Waals surface area contributed by atoms with Crippen molar-refractivity contribution in [3.05, 3.63) is 71.0 Å². The molecule has 3 aromatic rings. The van der Waals surface area contributed by atoms with E-state index in [1.54, 1.807) is 29.8 Å². The van der Waals surface area contributed by atoms with E-state index in [4.69, 9.17) is 4.74 Å². The van der Waals surface area contributed by atoms with Gasteiger partial charge in [0, 0.05) is 11.4 Å². The van der Waals surface area contributed by atoms with Crippen LogP contribution in [0.5, 0.6) is 0 Å². The normalized spacial score (nSPS) is 10.5. The number of aryl methyl sites for hydroxylation is 1. The van der Waals surface area contributed by atoms with Crippen LogP contribution in [0.2, 0.25) is 0 Å². The van der Waals surface area contributed by atoms with Crippen LogP contribution in [0.25, 0.3) is 5.69 Å². The van der Waals surface area contributed by atoms with Crippen LogP contribution in [0.15, 0.2) is 48.5 Å². The zero-order valence-corrected chi connectivity index (χ0v) is 16.9. The molecule has 2 aromatic carbocycles. The summed E-state index contributed by atoms with van der Waals surface area (Å²) < 4.78 is 6.68. The molecule has 7 nitrogen and oxygen atoms in total. The maximum absolute atomic E-state index is 13.0. The minimum absolute atomic E-state index is 0.251. The van der Waals surface area contributed by atoms with Gasteiger partial charge < -0.3 is 10.1 Å². The molecule has 0 unspecified atom stereocenters. The number of amides is 2. The van der Waals surface area contributed by atoms with E-state index in [1.165, 1.54) is 0 Å². The Bertz CT molecular complexity index is 1040. The Hall–Kier alpha value is -3.61. The fraction of sp³-hybridized carbons (Fsp3) is 0.227. The van der Waals surface area contributed by atoms with Crippen molar-refractivity contribution in [3.8, 4) is 5.69 Å². The number of aromatic nitrogens is 2. The Balaban J connectivity index is 1.86. The number of hydrogen-bond acceptors (Lipinski definition) is 4. The van der Waals surface area contributed by atoms with E-state index >= 15 is 0 Å². The molecule has 29 heavy (non-hydrogen) atoms. The van der Waals surface area contributed by atoms with Crippen LogP contribution in [-0.4, -0.2) is 28.4 Å². The number of hydrogen-bond donors (Lipinski definition) is 2. The molecule has 0 fully saturated rings. The molecule has 0 spiro atoms. The molecule has 2 amide bonds.